The molecule has 0 amide bonds. The van der Waals surface area contributed by atoms with Crippen molar-refractivity contribution < 1.29 is 4.74 Å². The molecular weight excluding hydrogens is 236 g/mol. The first-order valence-electron chi connectivity index (χ1n) is 6.85. The van der Waals surface area contributed by atoms with Crippen LogP contribution in [0.1, 0.15) is 24.0 Å². The smallest absolute Gasteiger partial charge is 0.0589 e. The van der Waals surface area contributed by atoms with Crippen LogP contribution in [0.5, 0.6) is 0 Å². The SMILES string of the molecule is COCCN(Cc1ccccc1C#CCN)C1CC1. The number of rotatable bonds is 6. The molecular formula is C16H22N2O. The van der Waals surface area contributed by atoms with Crippen LogP contribution in [-0.2, 0) is 11.3 Å². The van der Waals surface area contributed by atoms with Gasteiger partial charge in [0.2, 0.25) is 0 Å². The monoisotopic (exact) mass is 258 g/mol. The van der Waals surface area contributed by atoms with E-state index < -0.39 is 0 Å². The number of hydrogen-bond donors (Lipinski definition) is 1. The summed E-state index contributed by atoms with van der Waals surface area (Å²) >= 11 is 0. The lowest BCUT2D eigenvalue weighted by Gasteiger charge is -2.22. The van der Waals surface area contributed by atoms with E-state index >= 15 is 0 Å². The Hall–Kier alpha value is -1.34. The lowest BCUT2D eigenvalue weighted by molar-refractivity contribution is 0.139. The van der Waals surface area contributed by atoms with E-state index in [0.717, 1.165) is 31.3 Å². The predicted octanol–water partition coefficient (Wildman–Crippen LogP) is 1.61. The molecule has 0 aromatic heterocycles. The standard InChI is InChI=1S/C16H22N2O/c1-19-12-11-18(16-8-9-16)13-15-6-3-2-5-14(15)7-4-10-17/h2-3,5-6,16H,8-13,17H2,1H3. The summed E-state index contributed by atoms with van der Waals surface area (Å²) in [5.41, 5.74) is 7.83. The lowest BCUT2D eigenvalue weighted by atomic mass is 10.1. The summed E-state index contributed by atoms with van der Waals surface area (Å²) < 4.78 is 5.20. The molecule has 0 saturated heterocycles. The van der Waals surface area contributed by atoms with Gasteiger partial charge >= 0.3 is 0 Å². The van der Waals surface area contributed by atoms with Gasteiger partial charge in [0.1, 0.15) is 0 Å². The maximum atomic E-state index is 5.45. The topological polar surface area (TPSA) is 38.5 Å². The van der Waals surface area contributed by atoms with E-state index in [1.165, 1.54) is 18.4 Å². The van der Waals surface area contributed by atoms with Crippen molar-refractivity contribution in [3.05, 3.63) is 35.4 Å². The average molecular weight is 258 g/mol. The molecule has 3 nitrogen and oxygen atoms in total. The molecule has 0 heterocycles. The van der Waals surface area contributed by atoms with Crippen LogP contribution in [0, 0.1) is 11.8 Å². The van der Waals surface area contributed by atoms with Gasteiger partial charge in [0, 0.05) is 31.8 Å². The Bertz CT molecular complexity index is 457. The van der Waals surface area contributed by atoms with Gasteiger partial charge in [-0.1, -0.05) is 30.0 Å². The quantitative estimate of drug-likeness (QED) is 0.788. The highest BCUT2D eigenvalue weighted by atomic mass is 16.5. The van der Waals surface area contributed by atoms with Crippen molar-refractivity contribution >= 4 is 0 Å². The maximum absolute atomic E-state index is 5.45. The first-order valence-corrected chi connectivity index (χ1v) is 6.85. The van der Waals surface area contributed by atoms with Crippen LogP contribution >= 0.6 is 0 Å². The largest absolute Gasteiger partial charge is 0.383 e. The first-order chi connectivity index (χ1) is 9.35. The lowest BCUT2D eigenvalue weighted by Crippen LogP contribution is -2.29. The van der Waals surface area contributed by atoms with Crippen molar-refractivity contribution in [3.8, 4) is 11.8 Å². The van der Waals surface area contributed by atoms with Gasteiger partial charge in [0.25, 0.3) is 0 Å². The fourth-order valence-electron chi connectivity index (χ4n) is 2.18. The molecule has 2 rings (SSSR count). The number of methoxy groups -OCH3 is 1. The van der Waals surface area contributed by atoms with E-state index in [2.05, 4.69) is 34.9 Å². The predicted molar refractivity (Wildman–Crippen MR) is 77.7 cm³/mol. The second kappa shape index (κ2) is 7.30. The molecule has 0 bridgehead atoms. The van der Waals surface area contributed by atoms with E-state index in [1.54, 1.807) is 7.11 Å². The number of nitrogens with two attached hydrogens (primary N) is 1. The van der Waals surface area contributed by atoms with Crippen molar-refractivity contribution in [2.75, 3.05) is 26.8 Å². The van der Waals surface area contributed by atoms with Gasteiger partial charge in [-0.3, -0.25) is 4.90 Å². The minimum Gasteiger partial charge on any atom is -0.383 e. The summed E-state index contributed by atoms with van der Waals surface area (Å²) in [5, 5.41) is 0. The third-order valence-corrected chi connectivity index (χ3v) is 3.36. The van der Waals surface area contributed by atoms with E-state index in [-0.39, 0.29) is 0 Å². The highest BCUT2D eigenvalue weighted by Gasteiger charge is 2.28. The Labute approximate surface area is 115 Å². The van der Waals surface area contributed by atoms with Crippen LogP contribution in [-0.4, -0.2) is 37.7 Å². The molecule has 2 N–H and O–H groups in total. The van der Waals surface area contributed by atoms with Gasteiger partial charge in [-0.05, 0) is 24.5 Å². The number of ether oxygens (including phenoxy) is 1. The van der Waals surface area contributed by atoms with Gasteiger partial charge in [0.05, 0.1) is 13.2 Å². The Morgan fingerprint density at radius 2 is 2.16 bits per heavy atom. The summed E-state index contributed by atoms with van der Waals surface area (Å²) in [7, 11) is 1.76. The average Bonchev–Trinajstić information content (AvgIpc) is 3.26. The van der Waals surface area contributed by atoms with Crippen molar-refractivity contribution in [2.24, 2.45) is 5.73 Å². The molecule has 1 aliphatic carbocycles. The van der Waals surface area contributed by atoms with Crippen molar-refractivity contribution in [3.63, 3.8) is 0 Å². The number of nitrogens with zero attached hydrogens (tertiary/aromatic N) is 1. The van der Waals surface area contributed by atoms with Crippen LogP contribution in [0.25, 0.3) is 0 Å². The molecule has 1 fully saturated rings. The summed E-state index contributed by atoms with van der Waals surface area (Å²) in [6, 6.07) is 9.05. The highest BCUT2D eigenvalue weighted by Crippen LogP contribution is 2.28. The summed E-state index contributed by atoms with van der Waals surface area (Å²) in [4.78, 5) is 2.49. The molecule has 1 aromatic rings. The van der Waals surface area contributed by atoms with E-state index in [9.17, 15) is 0 Å². The second-order valence-electron chi connectivity index (χ2n) is 4.86. The van der Waals surface area contributed by atoms with E-state index in [1.807, 2.05) is 6.07 Å². The summed E-state index contributed by atoms with van der Waals surface area (Å²) in [5.74, 6) is 6.10. The third kappa shape index (κ3) is 4.36. The van der Waals surface area contributed by atoms with Crippen LogP contribution in [0.15, 0.2) is 24.3 Å². The van der Waals surface area contributed by atoms with Crippen LogP contribution in [0.2, 0.25) is 0 Å². The molecule has 19 heavy (non-hydrogen) atoms. The number of hydrogen-bond acceptors (Lipinski definition) is 3. The molecule has 1 aliphatic rings. The molecule has 1 aromatic carbocycles. The molecule has 0 unspecified atom stereocenters. The van der Waals surface area contributed by atoms with Crippen LogP contribution in [0.3, 0.4) is 0 Å². The highest BCUT2D eigenvalue weighted by molar-refractivity contribution is 5.41. The van der Waals surface area contributed by atoms with Crippen molar-refractivity contribution in [1.82, 2.24) is 4.90 Å². The zero-order valence-corrected chi connectivity index (χ0v) is 11.6. The molecule has 0 atom stereocenters. The zero-order chi connectivity index (χ0) is 13.5. The summed E-state index contributed by atoms with van der Waals surface area (Å²) in [6.07, 6.45) is 2.61. The first kappa shape index (κ1) is 14.1. The molecule has 1 saturated carbocycles. The molecule has 0 aliphatic heterocycles. The Morgan fingerprint density at radius 1 is 1.37 bits per heavy atom. The Balaban J connectivity index is 2.07. The van der Waals surface area contributed by atoms with Gasteiger partial charge in [0.15, 0.2) is 0 Å². The Morgan fingerprint density at radius 3 is 2.84 bits per heavy atom. The third-order valence-electron chi connectivity index (χ3n) is 3.36. The second-order valence-corrected chi connectivity index (χ2v) is 4.86. The maximum Gasteiger partial charge on any atom is 0.0589 e. The minimum atomic E-state index is 0.407. The molecule has 0 spiro atoms. The minimum absolute atomic E-state index is 0.407. The fraction of sp³-hybridized carbons (Fsp3) is 0.500. The molecule has 0 radical (unpaired) electrons. The van der Waals surface area contributed by atoms with E-state index in [0.29, 0.717) is 6.54 Å². The zero-order valence-electron chi connectivity index (χ0n) is 11.6. The molecule has 102 valence electrons. The van der Waals surface area contributed by atoms with Gasteiger partial charge in [-0.25, -0.2) is 0 Å². The van der Waals surface area contributed by atoms with E-state index in [4.69, 9.17) is 10.5 Å². The summed E-state index contributed by atoms with van der Waals surface area (Å²) in [6.45, 7) is 3.13. The normalized spacial score (nSPS) is 14.3. The van der Waals surface area contributed by atoms with Crippen LogP contribution in [0.4, 0.5) is 0 Å². The van der Waals surface area contributed by atoms with Gasteiger partial charge in [-0.2, -0.15) is 0 Å². The Kier molecular flexibility index (Phi) is 5.41. The van der Waals surface area contributed by atoms with Gasteiger partial charge in [-0.15, -0.1) is 0 Å². The molecule has 3 heteroatoms. The van der Waals surface area contributed by atoms with Crippen LogP contribution < -0.4 is 5.73 Å². The fourth-order valence-corrected chi connectivity index (χ4v) is 2.18. The van der Waals surface area contributed by atoms with Crippen molar-refractivity contribution in [1.29, 1.82) is 0 Å². The number of benzene rings is 1. The van der Waals surface area contributed by atoms with Gasteiger partial charge < -0.3 is 10.5 Å². The van der Waals surface area contributed by atoms with Crippen molar-refractivity contribution in [2.45, 2.75) is 25.4 Å².